The van der Waals surface area contributed by atoms with Gasteiger partial charge in [-0.1, -0.05) is 0 Å². The molecule has 0 radical (unpaired) electrons. The summed E-state index contributed by atoms with van der Waals surface area (Å²) in [6.45, 7) is 1.68. The molecular weight excluding hydrogens is 325 g/mol. The quantitative estimate of drug-likeness (QED) is 0.458. The lowest BCUT2D eigenvalue weighted by molar-refractivity contribution is -0.139. The van der Waals surface area contributed by atoms with E-state index < -0.39 is 25.8 Å². The van der Waals surface area contributed by atoms with Crippen LogP contribution in [0.2, 0.25) is 0 Å². The maximum atomic E-state index is 12.2. The highest BCUT2D eigenvalue weighted by molar-refractivity contribution is 7.81. The zero-order chi connectivity index (χ0) is 17.5. The van der Waals surface area contributed by atoms with Gasteiger partial charge in [0.05, 0.1) is 12.2 Å². The molecule has 0 unspecified atom stereocenters. The van der Waals surface area contributed by atoms with Gasteiger partial charge in [0.2, 0.25) is 0 Å². The molecule has 1 aromatic carbocycles. The van der Waals surface area contributed by atoms with Crippen LogP contribution in [0.3, 0.4) is 0 Å². The Labute approximate surface area is 134 Å². The van der Waals surface area contributed by atoms with Crippen LogP contribution in [0.5, 0.6) is 11.5 Å². The Morgan fingerprint density at radius 1 is 1.22 bits per heavy atom. The van der Waals surface area contributed by atoms with Crippen molar-refractivity contribution >= 4 is 19.2 Å². The van der Waals surface area contributed by atoms with E-state index in [0.717, 1.165) is 0 Å². The van der Waals surface area contributed by atoms with Crippen molar-refractivity contribution in [2.24, 2.45) is 5.73 Å². The number of benzene rings is 1. The van der Waals surface area contributed by atoms with Gasteiger partial charge >= 0.3 is 19.2 Å². The monoisotopic (exact) mass is 346 g/mol. The molecular formula is C14H21NO7P+. The largest absolute Gasteiger partial charge is 0.490 e. The topological polar surface area (TPSA) is 139 Å². The first-order valence-corrected chi connectivity index (χ1v) is 8.89. The van der Waals surface area contributed by atoms with E-state index in [2.05, 4.69) is 0 Å². The van der Waals surface area contributed by atoms with Gasteiger partial charge in [0.15, 0.2) is 18.1 Å². The van der Waals surface area contributed by atoms with Gasteiger partial charge in [-0.15, -0.1) is 0 Å². The second-order valence-corrected chi connectivity index (χ2v) is 6.99. The fourth-order valence-electron chi connectivity index (χ4n) is 1.79. The first-order chi connectivity index (χ1) is 10.8. The fourth-order valence-corrected chi connectivity index (χ4v) is 3.17. The number of carboxylic acids is 1. The molecule has 0 amide bonds. The minimum atomic E-state index is -3.77. The maximum absolute atomic E-state index is 12.2. The molecule has 0 heterocycles. The Morgan fingerprint density at radius 2 is 1.91 bits per heavy atom. The van der Waals surface area contributed by atoms with Crippen molar-refractivity contribution in [3.8, 4) is 11.5 Å². The lowest BCUT2D eigenvalue weighted by Gasteiger charge is -2.13. The average molecular weight is 346 g/mol. The summed E-state index contributed by atoms with van der Waals surface area (Å²) in [6, 6.07) is 4.02. The molecule has 0 aliphatic carbocycles. The smallest absolute Gasteiger partial charge is 0.356 e. The van der Waals surface area contributed by atoms with Gasteiger partial charge in [-0.05, 0) is 38.1 Å². The van der Waals surface area contributed by atoms with Crippen LogP contribution in [-0.2, 0) is 4.79 Å². The highest BCUT2D eigenvalue weighted by Crippen LogP contribution is 2.53. The van der Waals surface area contributed by atoms with Gasteiger partial charge in [0, 0.05) is 0 Å². The molecule has 0 bridgehead atoms. The Bertz CT molecular complexity index is 562. The SMILES string of the molecule is CCOc1cc(C(=O)[P+](O)(O)CCCN)ccc1OCC(=O)O. The number of carbonyl (C=O) groups excluding carboxylic acids is 1. The van der Waals surface area contributed by atoms with Crippen molar-refractivity contribution in [1.29, 1.82) is 0 Å². The first-order valence-electron chi connectivity index (χ1n) is 7.01. The number of rotatable bonds is 10. The first kappa shape index (κ1) is 19.3. The lowest BCUT2D eigenvalue weighted by atomic mass is 10.2. The maximum Gasteiger partial charge on any atom is 0.356 e. The summed E-state index contributed by atoms with van der Waals surface area (Å²) in [5.41, 5.74) is 4.60. The van der Waals surface area contributed by atoms with Crippen molar-refractivity contribution in [3.63, 3.8) is 0 Å². The minimum Gasteiger partial charge on any atom is -0.490 e. The Morgan fingerprint density at radius 3 is 2.48 bits per heavy atom. The average Bonchev–Trinajstić information content (AvgIpc) is 2.51. The molecule has 9 heteroatoms. The number of carboxylic acid groups (broad SMARTS) is 1. The second-order valence-electron chi connectivity index (χ2n) is 4.68. The molecule has 0 fully saturated rings. The van der Waals surface area contributed by atoms with E-state index in [0.29, 0.717) is 6.42 Å². The third-order valence-electron chi connectivity index (χ3n) is 2.84. The van der Waals surface area contributed by atoms with Crippen LogP contribution in [0.15, 0.2) is 18.2 Å². The van der Waals surface area contributed by atoms with Crippen LogP contribution >= 0.6 is 7.72 Å². The third kappa shape index (κ3) is 5.76. The molecule has 1 aromatic rings. The molecule has 0 spiro atoms. The molecule has 0 aromatic heterocycles. The van der Waals surface area contributed by atoms with Crippen molar-refractivity contribution in [2.45, 2.75) is 13.3 Å². The molecule has 0 saturated heterocycles. The second kappa shape index (κ2) is 8.79. The number of aliphatic carboxylic acids is 1. The lowest BCUT2D eigenvalue weighted by Crippen LogP contribution is -2.14. The molecule has 128 valence electrons. The highest BCUT2D eigenvalue weighted by Gasteiger charge is 2.44. The molecule has 0 aliphatic rings. The van der Waals surface area contributed by atoms with Gasteiger partial charge < -0.3 is 20.3 Å². The van der Waals surface area contributed by atoms with Crippen LogP contribution in [0, 0.1) is 0 Å². The standard InChI is InChI=1S/C14H20NO7P/c1-2-21-12-8-10(4-5-11(12)22-9-13(16)17)14(18)23(19,20)7-3-6-15/h4-5,8,19-20H,2-3,6-7,9,15H2,1H3/p+1. The van der Waals surface area contributed by atoms with Crippen molar-refractivity contribution in [1.82, 2.24) is 0 Å². The predicted octanol–water partition coefficient (Wildman–Crippen LogP) is 0.870. The molecule has 1 rings (SSSR count). The van der Waals surface area contributed by atoms with Crippen LogP contribution in [0.4, 0.5) is 0 Å². The van der Waals surface area contributed by atoms with E-state index in [1.807, 2.05) is 0 Å². The van der Waals surface area contributed by atoms with Crippen molar-refractivity contribution in [3.05, 3.63) is 23.8 Å². The Kier molecular flexibility index (Phi) is 7.38. The summed E-state index contributed by atoms with van der Waals surface area (Å²) in [6.07, 6.45) is 0.244. The minimum absolute atomic E-state index is 0.0616. The Hall–Kier alpha value is -1.73. The number of hydrogen-bond acceptors (Lipinski definition) is 7. The van der Waals surface area contributed by atoms with Gasteiger partial charge in [0.25, 0.3) is 0 Å². The van der Waals surface area contributed by atoms with Crippen LogP contribution < -0.4 is 15.2 Å². The fraction of sp³-hybridized carbons (Fsp3) is 0.429. The zero-order valence-electron chi connectivity index (χ0n) is 12.8. The van der Waals surface area contributed by atoms with Gasteiger partial charge in [-0.3, -0.25) is 0 Å². The van der Waals surface area contributed by atoms with E-state index in [1.54, 1.807) is 6.92 Å². The van der Waals surface area contributed by atoms with Gasteiger partial charge in [0.1, 0.15) is 6.16 Å². The van der Waals surface area contributed by atoms with E-state index in [-0.39, 0.29) is 36.4 Å². The van der Waals surface area contributed by atoms with E-state index >= 15 is 0 Å². The summed E-state index contributed by atoms with van der Waals surface area (Å²) >= 11 is 0. The molecule has 8 nitrogen and oxygen atoms in total. The summed E-state index contributed by atoms with van der Waals surface area (Å²) in [5, 5.41) is 8.64. The van der Waals surface area contributed by atoms with Gasteiger partial charge in [-0.2, -0.15) is 0 Å². The van der Waals surface area contributed by atoms with Crippen molar-refractivity contribution in [2.75, 3.05) is 25.9 Å². The third-order valence-corrected chi connectivity index (χ3v) is 4.69. The predicted molar refractivity (Wildman–Crippen MR) is 85.0 cm³/mol. The summed E-state index contributed by atoms with van der Waals surface area (Å²) in [7, 11) is -3.77. The number of nitrogens with two attached hydrogens (primary N) is 1. The number of carbonyl (C=O) groups is 2. The van der Waals surface area contributed by atoms with E-state index in [1.165, 1.54) is 18.2 Å². The summed E-state index contributed by atoms with van der Waals surface area (Å²) in [5.74, 6) is -0.823. The summed E-state index contributed by atoms with van der Waals surface area (Å²) < 4.78 is 10.4. The molecule has 5 N–H and O–H groups in total. The van der Waals surface area contributed by atoms with Crippen LogP contribution in [-0.4, -0.2) is 52.3 Å². The van der Waals surface area contributed by atoms with E-state index in [4.69, 9.17) is 20.3 Å². The molecule has 0 saturated carbocycles. The summed E-state index contributed by atoms with van der Waals surface area (Å²) in [4.78, 5) is 42.7. The molecule has 0 aliphatic heterocycles. The number of hydrogen-bond donors (Lipinski definition) is 4. The van der Waals surface area contributed by atoms with Crippen LogP contribution in [0.1, 0.15) is 23.7 Å². The normalized spacial score (nSPS) is 11.1. The zero-order valence-corrected chi connectivity index (χ0v) is 13.7. The Balaban J connectivity index is 3.01. The van der Waals surface area contributed by atoms with E-state index in [9.17, 15) is 19.4 Å². The van der Waals surface area contributed by atoms with Gasteiger partial charge in [-0.25, -0.2) is 19.4 Å². The number of ether oxygens (including phenoxy) is 2. The molecule has 23 heavy (non-hydrogen) atoms. The molecule has 0 atom stereocenters. The highest BCUT2D eigenvalue weighted by atomic mass is 31.2. The van der Waals surface area contributed by atoms with Crippen LogP contribution in [0.25, 0.3) is 0 Å². The van der Waals surface area contributed by atoms with Crippen molar-refractivity contribution < 1.29 is 34.0 Å².